The van der Waals surface area contributed by atoms with E-state index in [1.54, 1.807) is 0 Å². The molecule has 0 spiro atoms. The molecule has 1 aliphatic carbocycles. The van der Waals surface area contributed by atoms with E-state index in [-0.39, 0.29) is 17.9 Å². The molecule has 0 unspecified atom stereocenters. The molecule has 1 N–H and O–H groups in total. The summed E-state index contributed by atoms with van der Waals surface area (Å²) < 4.78 is 2.26. The maximum absolute atomic E-state index is 6.26. The van der Waals surface area contributed by atoms with Gasteiger partial charge in [0, 0.05) is 27.0 Å². The van der Waals surface area contributed by atoms with Crippen molar-refractivity contribution >= 4 is 58.0 Å². The Hall–Kier alpha value is -3.09. The highest BCUT2D eigenvalue weighted by Crippen LogP contribution is 2.39. The molecule has 3 aromatic rings. The van der Waals surface area contributed by atoms with Crippen LogP contribution in [-0.4, -0.2) is 39.6 Å². The zero-order valence-corrected chi connectivity index (χ0v) is 24.3. The number of halogens is 3. The van der Waals surface area contributed by atoms with Crippen LogP contribution < -0.4 is 10.7 Å². The van der Waals surface area contributed by atoms with Crippen LogP contribution in [0.3, 0.4) is 0 Å². The van der Waals surface area contributed by atoms with Crippen molar-refractivity contribution in [1.29, 1.82) is 0 Å². The monoisotopic (exact) mass is 589 g/mol. The molecule has 0 radical (unpaired) electrons. The standard InChI is InChI=1S/C32H29Cl2N5.ClH/c33-22-7-11-24(12-8-22)36-28-19-29-31(20-27(28)35-21-32-15-3-17-38(32)18-4-16-32)39(25-13-9-23(34)10-14-25)30-6-2-1-5-26(30)37-29;/h1-2,5-14,19-20,36H,3-4,15-18,21H2;1H. The highest BCUT2D eigenvalue weighted by molar-refractivity contribution is 6.30. The molecule has 0 amide bonds. The van der Waals surface area contributed by atoms with Gasteiger partial charge in [-0.2, -0.15) is 0 Å². The van der Waals surface area contributed by atoms with E-state index in [9.17, 15) is 0 Å². The molecule has 2 saturated heterocycles. The first-order valence-corrected chi connectivity index (χ1v) is 14.3. The molecule has 5 nitrogen and oxygen atoms in total. The molecule has 2 fully saturated rings. The van der Waals surface area contributed by atoms with Crippen LogP contribution in [0.5, 0.6) is 0 Å². The number of aromatic nitrogens is 2. The van der Waals surface area contributed by atoms with E-state index in [2.05, 4.69) is 57.2 Å². The van der Waals surface area contributed by atoms with E-state index in [0.29, 0.717) is 10.0 Å². The SMILES string of the molecule is Cl.Clc1ccc(Nc2cc3nc4ccccc4n(-c4ccc(Cl)cc4)c-3cc2=NCC23CCCN2CCC3)cc1. The van der Waals surface area contributed by atoms with Gasteiger partial charge in [-0.05, 0) is 112 Å². The number of fused-ring (bicyclic) bond motifs is 3. The zero-order chi connectivity index (χ0) is 26.4. The Morgan fingerprint density at radius 1 is 0.850 bits per heavy atom. The third-order valence-corrected chi connectivity index (χ3v) is 8.76. The number of benzene rings is 4. The summed E-state index contributed by atoms with van der Waals surface area (Å²) >= 11 is 12.4. The number of nitrogens with zero attached hydrogens (tertiary/aromatic N) is 4. The topological polar surface area (TPSA) is 45.5 Å². The summed E-state index contributed by atoms with van der Waals surface area (Å²) in [6, 6.07) is 28.3. The van der Waals surface area contributed by atoms with Gasteiger partial charge in [-0.3, -0.25) is 9.89 Å². The number of hydrogen-bond acceptors (Lipinski definition) is 4. The van der Waals surface area contributed by atoms with Crippen LogP contribution in [0.25, 0.3) is 28.1 Å². The summed E-state index contributed by atoms with van der Waals surface area (Å²) in [5.74, 6) is 0. The molecule has 0 bridgehead atoms. The van der Waals surface area contributed by atoms with Crippen molar-refractivity contribution in [3.05, 3.63) is 100 Å². The van der Waals surface area contributed by atoms with Gasteiger partial charge >= 0.3 is 0 Å². The predicted molar refractivity (Wildman–Crippen MR) is 168 cm³/mol. The lowest BCUT2D eigenvalue weighted by molar-refractivity contribution is 0.203. The molecule has 204 valence electrons. The van der Waals surface area contributed by atoms with E-state index < -0.39 is 0 Å². The molecule has 8 heteroatoms. The number of hydrogen-bond donors (Lipinski definition) is 1. The van der Waals surface area contributed by atoms with Crippen LogP contribution in [0.4, 0.5) is 11.4 Å². The quantitative estimate of drug-likeness (QED) is 0.210. The Balaban J connectivity index is 0.00000289. The Morgan fingerprint density at radius 3 is 2.25 bits per heavy atom. The average molecular weight is 591 g/mol. The Bertz CT molecular complexity index is 1690. The Kier molecular flexibility index (Phi) is 7.49. The van der Waals surface area contributed by atoms with E-state index in [4.69, 9.17) is 33.2 Å². The van der Waals surface area contributed by atoms with Gasteiger partial charge in [0.25, 0.3) is 0 Å². The first kappa shape index (κ1) is 27.1. The fraction of sp³-hybridized carbons (Fsp3) is 0.250. The lowest BCUT2D eigenvalue weighted by Gasteiger charge is -2.30. The number of para-hydroxylation sites is 2. The van der Waals surface area contributed by atoms with Gasteiger partial charge in [0.15, 0.2) is 0 Å². The third kappa shape index (κ3) is 4.97. The molecule has 3 aromatic carbocycles. The molecule has 0 atom stereocenters. The van der Waals surface area contributed by atoms with Crippen LogP contribution in [0.1, 0.15) is 25.7 Å². The predicted octanol–water partition coefficient (Wildman–Crippen LogP) is 8.13. The van der Waals surface area contributed by atoms with Gasteiger partial charge in [0.1, 0.15) is 0 Å². The van der Waals surface area contributed by atoms with Gasteiger partial charge in [-0.15, -0.1) is 12.4 Å². The van der Waals surface area contributed by atoms with E-state index in [1.165, 1.54) is 38.8 Å². The normalized spacial score (nSPS) is 16.8. The maximum atomic E-state index is 6.26. The molecule has 4 aliphatic rings. The summed E-state index contributed by atoms with van der Waals surface area (Å²) in [5.41, 5.74) is 6.98. The summed E-state index contributed by atoms with van der Waals surface area (Å²) in [6.07, 6.45) is 4.97. The number of anilines is 2. The highest BCUT2D eigenvalue weighted by Gasteiger charge is 2.43. The van der Waals surface area contributed by atoms with Crippen molar-refractivity contribution < 1.29 is 0 Å². The lowest BCUT2D eigenvalue weighted by atomic mass is 9.94. The second-order valence-corrected chi connectivity index (χ2v) is 11.5. The van der Waals surface area contributed by atoms with Crippen LogP contribution in [-0.2, 0) is 0 Å². The van der Waals surface area contributed by atoms with Gasteiger partial charge in [-0.1, -0.05) is 35.3 Å². The largest absolute Gasteiger partial charge is 0.354 e. The minimum absolute atomic E-state index is 0. The lowest BCUT2D eigenvalue weighted by Crippen LogP contribution is -2.41. The summed E-state index contributed by atoms with van der Waals surface area (Å²) in [7, 11) is 0. The second-order valence-electron chi connectivity index (χ2n) is 10.6. The Labute approximate surface area is 250 Å². The molecule has 40 heavy (non-hydrogen) atoms. The molecule has 0 saturated carbocycles. The van der Waals surface area contributed by atoms with Crippen LogP contribution >= 0.6 is 35.6 Å². The van der Waals surface area contributed by atoms with Crippen molar-refractivity contribution in [1.82, 2.24) is 14.5 Å². The summed E-state index contributed by atoms with van der Waals surface area (Å²) in [4.78, 5) is 13.1. The molecule has 7 rings (SSSR count). The summed E-state index contributed by atoms with van der Waals surface area (Å²) in [5, 5.41) is 5.97. The molecule has 3 aliphatic heterocycles. The van der Waals surface area contributed by atoms with Crippen LogP contribution in [0, 0.1) is 0 Å². The van der Waals surface area contributed by atoms with Crippen molar-refractivity contribution in [2.75, 3.05) is 25.0 Å². The average Bonchev–Trinajstić information content (AvgIpc) is 3.53. The molecule has 0 aromatic heterocycles. The van der Waals surface area contributed by atoms with Gasteiger partial charge in [0.2, 0.25) is 0 Å². The van der Waals surface area contributed by atoms with Gasteiger partial charge in [-0.25, -0.2) is 4.98 Å². The van der Waals surface area contributed by atoms with Gasteiger partial charge < -0.3 is 9.88 Å². The fourth-order valence-corrected chi connectivity index (χ4v) is 6.60. The maximum Gasteiger partial charge on any atom is 0.0900 e. The van der Waals surface area contributed by atoms with Crippen molar-refractivity contribution in [3.63, 3.8) is 0 Å². The highest BCUT2D eigenvalue weighted by atomic mass is 35.5. The summed E-state index contributed by atoms with van der Waals surface area (Å²) in [6.45, 7) is 3.18. The Morgan fingerprint density at radius 2 is 1.52 bits per heavy atom. The smallest absolute Gasteiger partial charge is 0.0900 e. The molecular weight excluding hydrogens is 561 g/mol. The first-order valence-electron chi connectivity index (χ1n) is 13.6. The van der Waals surface area contributed by atoms with Crippen LogP contribution in [0.15, 0.2) is 89.9 Å². The minimum Gasteiger partial charge on any atom is -0.354 e. The molecular formula is C32H30Cl3N5. The van der Waals surface area contributed by atoms with Crippen LogP contribution in [0.2, 0.25) is 10.0 Å². The number of nitrogens with one attached hydrogen (secondary N) is 1. The van der Waals surface area contributed by atoms with E-state index in [0.717, 1.165) is 51.4 Å². The number of rotatable bonds is 5. The second kappa shape index (κ2) is 11.1. The first-order chi connectivity index (χ1) is 19.1. The van der Waals surface area contributed by atoms with Gasteiger partial charge in [0.05, 0.1) is 40.0 Å². The minimum atomic E-state index is 0. The van der Waals surface area contributed by atoms with E-state index >= 15 is 0 Å². The van der Waals surface area contributed by atoms with E-state index in [1.807, 2.05) is 42.5 Å². The van der Waals surface area contributed by atoms with Crippen molar-refractivity contribution in [3.8, 4) is 17.1 Å². The fourth-order valence-electron chi connectivity index (χ4n) is 6.35. The molecule has 3 heterocycles. The van der Waals surface area contributed by atoms with Crippen molar-refractivity contribution in [2.45, 2.75) is 31.2 Å². The third-order valence-electron chi connectivity index (χ3n) is 8.26. The van der Waals surface area contributed by atoms with Crippen molar-refractivity contribution in [2.24, 2.45) is 4.99 Å². The zero-order valence-electron chi connectivity index (χ0n) is 22.0.